The smallest absolute Gasteiger partial charge is 0.356 e. The molecule has 1 amide bonds. The van der Waals surface area contributed by atoms with Crippen LogP contribution in [-0.2, 0) is 11.2 Å². The number of hydrogen-bond acceptors (Lipinski definition) is 4. The van der Waals surface area contributed by atoms with E-state index >= 15 is 0 Å². The van der Waals surface area contributed by atoms with Crippen LogP contribution in [0.4, 0.5) is 0 Å². The third kappa shape index (κ3) is 2.89. The minimum atomic E-state index is -0.541. The molecule has 0 unspecified atom stereocenters. The zero-order valence-corrected chi connectivity index (χ0v) is 13.9. The normalized spacial score (nSPS) is 16.4. The Bertz CT molecular complexity index is 773. The van der Waals surface area contributed by atoms with Gasteiger partial charge in [-0.3, -0.25) is 4.79 Å². The number of amides is 1. The maximum Gasteiger partial charge on any atom is 0.356 e. The van der Waals surface area contributed by atoms with E-state index in [1.807, 2.05) is 17.0 Å². The van der Waals surface area contributed by atoms with Gasteiger partial charge in [0.15, 0.2) is 0 Å². The van der Waals surface area contributed by atoms with E-state index in [0.29, 0.717) is 12.1 Å². The molecule has 0 bridgehead atoms. The van der Waals surface area contributed by atoms with Gasteiger partial charge in [0.1, 0.15) is 5.69 Å². The number of aromatic nitrogens is 1. The van der Waals surface area contributed by atoms with Crippen LogP contribution in [0.2, 0.25) is 0 Å². The lowest BCUT2D eigenvalue weighted by Gasteiger charge is -2.37. The summed E-state index contributed by atoms with van der Waals surface area (Å²) < 4.78 is 4.68. The van der Waals surface area contributed by atoms with Gasteiger partial charge >= 0.3 is 5.97 Å². The van der Waals surface area contributed by atoms with Gasteiger partial charge in [-0.25, -0.2) is 9.78 Å². The Balaban J connectivity index is 1.92. The molecule has 1 aromatic heterocycles. The largest absolute Gasteiger partial charge is 0.464 e. The highest BCUT2D eigenvalue weighted by Gasteiger charge is 2.30. The lowest BCUT2D eigenvalue weighted by molar-refractivity contribution is 0.0594. The van der Waals surface area contributed by atoms with Crippen molar-refractivity contribution in [2.24, 2.45) is 0 Å². The van der Waals surface area contributed by atoms with Gasteiger partial charge in [0, 0.05) is 18.3 Å². The van der Waals surface area contributed by atoms with Crippen LogP contribution in [0.3, 0.4) is 0 Å². The summed E-state index contributed by atoms with van der Waals surface area (Å²) in [5, 5.41) is 0. The van der Waals surface area contributed by atoms with Gasteiger partial charge < -0.3 is 9.64 Å². The molecule has 5 heteroatoms. The summed E-state index contributed by atoms with van der Waals surface area (Å²) in [7, 11) is 1.30. The number of pyridine rings is 1. The molecule has 3 rings (SSSR count). The van der Waals surface area contributed by atoms with E-state index < -0.39 is 5.97 Å². The first-order valence-corrected chi connectivity index (χ1v) is 8.08. The first-order valence-electron chi connectivity index (χ1n) is 8.08. The SMILES string of the molecule is CC[C@@H]1c2ccccc2CCN1C(=O)c1ccnc(C(=O)OC)c1. The number of carbonyl (C=O) groups is 2. The molecule has 0 spiro atoms. The number of methoxy groups -OCH3 is 1. The third-order valence-electron chi connectivity index (χ3n) is 4.46. The van der Waals surface area contributed by atoms with E-state index in [1.54, 1.807) is 6.07 Å². The summed E-state index contributed by atoms with van der Waals surface area (Å²) in [6.45, 7) is 2.75. The van der Waals surface area contributed by atoms with Crippen LogP contribution in [0, 0.1) is 0 Å². The van der Waals surface area contributed by atoms with Crippen LogP contribution in [0.15, 0.2) is 42.6 Å². The van der Waals surface area contributed by atoms with E-state index in [4.69, 9.17) is 0 Å². The van der Waals surface area contributed by atoms with Crippen molar-refractivity contribution in [1.82, 2.24) is 9.88 Å². The van der Waals surface area contributed by atoms with E-state index in [0.717, 1.165) is 12.8 Å². The molecule has 1 aromatic carbocycles. The first-order chi connectivity index (χ1) is 11.7. The lowest BCUT2D eigenvalue weighted by Crippen LogP contribution is -2.40. The molecule has 124 valence electrons. The number of ether oxygens (including phenoxy) is 1. The molecule has 24 heavy (non-hydrogen) atoms. The van der Waals surface area contributed by atoms with E-state index in [1.165, 1.54) is 30.5 Å². The van der Waals surface area contributed by atoms with Crippen LogP contribution in [0.25, 0.3) is 0 Å². The molecule has 2 heterocycles. The fraction of sp³-hybridized carbons (Fsp3) is 0.316. The maximum absolute atomic E-state index is 13.0. The average molecular weight is 324 g/mol. The minimum absolute atomic E-state index is 0.0530. The molecule has 0 saturated heterocycles. The molecule has 1 atom stereocenters. The highest BCUT2D eigenvalue weighted by molar-refractivity contribution is 5.97. The molecule has 0 aliphatic carbocycles. The van der Waals surface area contributed by atoms with Crippen molar-refractivity contribution < 1.29 is 14.3 Å². The van der Waals surface area contributed by atoms with Gasteiger partial charge in [-0.2, -0.15) is 0 Å². The predicted molar refractivity (Wildman–Crippen MR) is 89.8 cm³/mol. The zero-order chi connectivity index (χ0) is 17.1. The molecule has 5 nitrogen and oxygen atoms in total. The molecule has 2 aromatic rings. The monoisotopic (exact) mass is 324 g/mol. The van der Waals surface area contributed by atoms with Gasteiger partial charge in [0.2, 0.25) is 0 Å². The quantitative estimate of drug-likeness (QED) is 0.814. The lowest BCUT2D eigenvalue weighted by atomic mass is 9.90. The number of fused-ring (bicyclic) bond motifs is 1. The van der Waals surface area contributed by atoms with Crippen molar-refractivity contribution in [2.45, 2.75) is 25.8 Å². The molecule has 1 aliphatic heterocycles. The summed E-state index contributed by atoms with van der Waals surface area (Å²) in [5.74, 6) is -0.621. The summed E-state index contributed by atoms with van der Waals surface area (Å²) in [6, 6.07) is 11.5. The van der Waals surface area contributed by atoms with Gasteiger partial charge in [0.25, 0.3) is 5.91 Å². The second-order valence-electron chi connectivity index (χ2n) is 5.79. The van der Waals surface area contributed by atoms with Crippen molar-refractivity contribution in [2.75, 3.05) is 13.7 Å². The Morgan fingerprint density at radius 1 is 1.29 bits per heavy atom. The Kier molecular flexibility index (Phi) is 4.60. The van der Waals surface area contributed by atoms with Crippen LogP contribution in [-0.4, -0.2) is 35.4 Å². The second-order valence-corrected chi connectivity index (χ2v) is 5.79. The zero-order valence-electron chi connectivity index (χ0n) is 13.9. The first kappa shape index (κ1) is 16.2. The Morgan fingerprint density at radius 2 is 2.08 bits per heavy atom. The van der Waals surface area contributed by atoms with E-state index in [2.05, 4.69) is 28.8 Å². The number of hydrogen-bond donors (Lipinski definition) is 0. The van der Waals surface area contributed by atoms with Gasteiger partial charge in [-0.05, 0) is 36.1 Å². The van der Waals surface area contributed by atoms with Crippen molar-refractivity contribution >= 4 is 11.9 Å². The summed E-state index contributed by atoms with van der Waals surface area (Å²) >= 11 is 0. The predicted octanol–water partition coefficient (Wildman–Crippen LogP) is 3.02. The van der Waals surface area contributed by atoms with Crippen molar-refractivity contribution in [3.63, 3.8) is 0 Å². The molecule has 0 saturated carbocycles. The fourth-order valence-corrected chi connectivity index (χ4v) is 3.28. The van der Waals surface area contributed by atoms with Crippen LogP contribution in [0.1, 0.15) is 51.4 Å². The van der Waals surface area contributed by atoms with Crippen molar-refractivity contribution in [3.05, 3.63) is 65.0 Å². The van der Waals surface area contributed by atoms with Gasteiger partial charge in [-0.1, -0.05) is 31.2 Å². The number of carbonyl (C=O) groups excluding carboxylic acids is 2. The summed E-state index contributed by atoms with van der Waals surface area (Å²) in [6.07, 6.45) is 3.16. The Morgan fingerprint density at radius 3 is 2.83 bits per heavy atom. The molecular formula is C19H20N2O3. The van der Waals surface area contributed by atoms with Crippen molar-refractivity contribution in [3.8, 4) is 0 Å². The highest BCUT2D eigenvalue weighted by atomic mass is 16.5. The minimum Gasteiger partial charge on any atom is -0.464 e. The molecule has 0 radical (unpaired) electrons. The summed E-state index contributed by atoms with van der Waals surface area (Å²) in [5.41, 5.74) is 3.12. The third-order valence-corrected chi connectivity index (χ3v) is 4.46. The maximum atomic E-state index is 13.0. The average Bonchev–Trinajstić information content (AvgIpc) is 2.65. The molecule has 0 N–H and O–H groups in total. The van der Waals surface area contributed by atoms with E-state index in [9.17, 15) is 9.59 Å². The summed E-state index contributed by atoms with van der Waals surface area (Å²) in [4.78, 5) is 30.5. The second kappa shape index (κ2) is 6.83. The number of rotatable bonds is 3. The number of esters is 1. The van der Waals surface area contributed by atoms with Crippen LogP contribution < -0.4 is 0 Å². The Hall–Kier alpha value is -2.69. The topological polar surface area (TPSA) is 59.5 Å². The molecule has 0 fully saturated rings. The number of nitrogens with zero attached hydrogens (tertiary/aromatic N) is 2. The van der Waals surface area contributed by atoms with Gasteiger partial charge in [-0.15, -0.1) is 0 Å². The van der Waals surface area contributed by atoms with E-state index in [-0.39, 0.29) is 17.6 Å². The molecule has 1 aliphatic rings. The fourth-order valence-electron chi connectivity index (χ4n) is 3.28. The number of benzene rings is 1. The van der Waals surface area contributed by atoms with Gasteiger partial charge in [0.05, 0.1) is 13.2 Å². The van der Waals surface area contributed by atoms with Crippen molar-refractivity contribution in [1.29, 1.82) is 0 Å². The highest BCUT2D eigenvalue weighted by Crippen LogP contribution is 2.33. The van der Waals surface area contributed by atoms with Crippen LogP contribution in [0.5, 0.6) is 0 Å². The molecular weight excluding hydrogens is 304 g/mol. The Labute approximate surface area is 141 Å². The van der Waals surface area contributed by atoms with Crippen LogP contribution >= 0.6 is 0 Å². The standard InChI is InChI=1S/C19H20N2O3/c1-3-17-15-7-5-4-6-13(15)9-11-21(17)18(22)14-8-10-20-16(12-14)19(23)24-2/h4-8,10,12,17H,3,9,11H2,1-2H3/t17-/m1/s1.